The molecule has 0 atom stereocenters. The number of hydrogen-bond donors (Lipinski definition) is 0. The highest BCUT2D eigenvalue weighted by Gasteiger charge is 2.07. The Hall–Kier alpha value is -0.600. The van der Waals surface area contributed by atoms with Crippen LogP contribution < -0.4 is 0 Å². The van der Waals surface area contributed by atoms with Gasteiger partial charge in [-0.05, 0) is 47.2 Å². The van der Waals surface area contributed by atoms with Gasteiger partial charge in [0, 0.05) is 19.0 Å². The molecule has 2 aromatic rings. The molecule has 0 aliphatic rings. The Balaban J connectivity index is 2.93. The lowest BCUT2D eigenvalue weighted by Crippen LogP contribution is -1.82. The van der Waals surface area contributed by atoms with Crippen LogP contribution in [0.1, 0.15) is 11.1 Å². The molecule has 0 saturated heterocycles. The second-order valence-corrected chi connectivity index (χ2v) is 4.88. The van der Waals surface area contributed by atoms with E-state index in [4.69, 9.17) is 5.26 Å². The highest BCUT2D eigenvalue weighted by molar-refractivity contribution is 14.1. The van der Waals surface area contributed by atoms with Gasteiger partial charge in [-0.25, -0.2) is 0 Å². The Kier molecular flexibility index (Phi) is 2.26. The number of halogens is 1. The van der Waals surface area contributed by atoms with Crippen molar-refractivity contribution < 1.29 is 0 Å². The van der Waals surface area contributed by atoms with Crippen LogP contribution in [0.3, 0.4) is 0 Å². The van der Waals surface area contributed by atoms with Gasteiger partial charge in [0.15, 0.2) is 0 Å². The minimum absolute atomic E-state index is 0.781. The van der Waals surface area contributed by atoms with E-state index in [9.17, 15) is 0 Å². The van der Waals surface area contributed by atoms with Gasteiger partial charge in [-0.15, -0.1) is 11.3 Å². The number of nitriles is 1. The second-order valence-electron chi connectivity index (χ2n) is 2.81. The first-order chi connectivity index (χ1) is 6.24. The standard InChI is InChI=1S/C10H6INS/c1-6-7(4-12)2-3-9-10(6)8(11)5-13-9/h2-3,5H,1H3. The average Bonchev–Trinajstić information content (AvgIpc) is 2.49. The summed E-state index contributed by atoms with van der Waals surface area (Å²) in [5, 5.41) is 12.2. The molecule has 0 spiro atoms. The second kappa shape index (κ2) is 3.28. The third kappa shape index (κ3) is 1.34. The molecular weight excluding hydrogens is 293 g/mol. The SMILES string of the molecule is Cc1c(C#N)ccc2scc(I)c12. The molecule has 1 aromatic heterocycles. The average molecular weight is 299 g/mol. The van der Waals surface area contributed by atoms with E-state index in [1.54, 1.807) is 11.3 Å². The maximum Gasteiger partial charge on any atom is 0.0994 e. The highest BCUT2D eigenvalue weighted by atomic mass is 127. The van der Waals surface area contributed by atoms with Crippen molar-refractivity contribution in [2.75, 3.05) is 0 Å². The fourth-order valence-corrected chi connectivity index (χ4v) is 3.51. The molecule has 0 unspecified atom stereocenters. The van der Waals surface area contributed by atoms with Crippen molar-refractivity contribution >= 4 is 44.0 Å². The highest BCUT2D eigenvalue weighted by Crippen LogP contribution is 2.31. The van der Waals surface area contributed by atoms with Crippen molar-refractivity contribution in [3.8, 4) is 6.07 Å². The summed E-state index contributed by atoms with van der Waals surface area (Å²) in [5.41, 5.74) is 1.88. The Labute approximate surface area is 94.1 Å². The molecule has 1 nitrogen and oxygen atoms in total. The molecule has 0 N–H and O–H groups in total. The van der Waals surface area contributed by atoms with Gasteiger partial charge < -0.3 is 0 Å². The number of fused-ring (bicyclic) bond motifs is 1. The predicted octanol–water partition coefficient (Wildman–Crippen LogP) is 3.69. The minimum Gasteiger partial charge on any atom is -0.192 e. The molecule has 1 heterocycles. The van der Waals surface area contributed by atoms with E-state index >= 15 is 0 Å². The first-order valence-electron chi connectivity index (χ1n) is 3.80. The lowest BCUT2D eigenvalue weighted by Gasteiger charge is -1.99. The molecule has 0 amide bonds. The Bertz CT molecular complexity index is 507. The summed E-state index contributed by atoms with van der Waals surface area (Å²) in [5.74, 6) is 0. The lowest BCUT2D eigenvalue weighted by molar-refractivity contribution is 1.43. The Morgan fingerprint density at radius 1 is 1.46 bits per heavy atom. The Morgan fingerprint density at radius 3 is 2.92 bits per heavy atom. The summed E-state index contributed by atoms with van der Waals surface area (Å²) in [6.07, 6.45) is 0. The minimum atomic E-state index is 0.781. The van der Waals surface area contributed by atoms with Crippen LogP contribution in [-0.4, -0.2) is 0 Å². The molecule has 0 fully saturated rings. The van der Waals surface area contributed by atoms with E-state index in [1.165, 1.54) is 13.7 Å². The van der Waals surface area contributed by atoms with Crippen molar-refractivity contribution in [2.24, 2.45) is 0 Å². The maximum atomic E-state index is 8.86. The van der Waals surface area contributed by atoms with Crippen LogP contribution in [-0.2, 0) is 0 Å². The molecule has 13 heavy (non-hydrogen) atoms. The number of nitrogens with zero attached hydrogens (tertiary/aromatic N) is 1. The van der Waals surface area contributed by atoms with E-state index in [1.807, 2.05) is 19.1 Å². The van der Waals surface area contributed by atoms with E-state index in [0.29, 0.717) is 0 Å². The Morgan fingerprint density at radius 2 is 2.23 bits per heavy atom. The van der Waals surface area contributed by atoms with Gasteiger partial charge in [0.25, 0.3) is 0 Å². The molecular formula is C10H6INS. The zero-order valence-electron chi connectivity index (χ0n) is 6.97. The van der Waals surface area contributed by atoms with Crippen LogP contribution >= 0.6 is 33.9 Å². The summed E-state index contributed by atoms with van der Waals surface area (Å²) in [4.78, 5) is 0. The van der Waals surface area contributed by atoms with E-state index < -0.39 is 0 Å². The van der Waals surface area contributed by atoms with Gasteiger partial charge in [0.1, 0.15) is 0 Å². The van der Waals surface area contributed by atoms with E-state index in [2.05, 4.69) is 34.0 Å². The molecule has 64 valence electrons. The lowest BCUT2D eigenvalue weighted by atomic mass is 10.1. The summed E-state index contributed by atoms with van der Waals surface area (Å²) in [6.45, 7) is 2.01. The van der Waals surface area contributed by atoms with Gasteiger partial charge in [-0.3, -0.25) is 0 Å². The number of aryl methyl sites for hydroxylation is 1. The molecule has 0 radical (unpaired) electrons. The normalized spacial score (nSPS) is 10.2. The largest absolute Gasteiger partial charge is 0.192 e. The van der Waals surface area contributed by atoms with Crippen LogP contribution in [0.15, 0.2) is 17.5 Å². The number of rotatable bonds is 0. The summed E-state index contributed by atoms with van der Waals surface area (Å²) in [6, 6.07) is 6.12. The summed E-state index contributed by atoms with van der Waals surface area (Å²) in [7, 11) is 0. The van der Waals surface area contributed by atoms with Crippen molar-refractivity contribution in [3.05, 3.63) is 32.2 Å². The van der Waals surface area contributed by atoms with Gasteiger partial charge in [0.05, 0.1) is 11.6 Å². The first-order valence-corrected chi connectivity index (χ1v) is 5.76. The van der Waals surface area contributed by atoms with Crippen LogP contribution in [0.4, 0.5) is 0 Å². The van der Waals surface area contributed by atoms with Crippen molar-refractivity contribution in [3.63, 3.8) is 0 Å². The van der Waals surface area contributed by atoms with Gasteiger partial charge >= 0.3 is 0 Å². The monoisotopic (exact) mass is 299 g/mol. The van der Waals surface area contributed by atoms with Crippen LogP contribution in [0.2, 0.25) is 0 Å². The number of benzene rings is 1. The molecule has 3 heteroatoms. The predicted molar refractivity (Wildman–Crippen MR) is 64.0 cm³/mol. The first kappa shape index (κ1) is 8.97. The molecule has 0 aliphatic heterocycles. The van der Waals surface area contributed by atoms with E-state index in [0.717, 1.165) is 11.1 Å². The number of hydrogen-bond acceptors (Lipinski definition) is 2. The molecule has 0 bridgehead atoms. The molecule has 2 rings (SSSR count). The zero-order chi connectivity index (χ0) is 9.42. The fourth-order valence-electron chi connectivity index (χ4n) is 1.38. The van der Waals surface area contributed by atoms with Gasteiger partial charge in [0.2, 0.25) is 0 Å². The van der Waals surface area contributed by atoms with Crippen LogP contribution in [0, 0.1) is 21.8 Å². The summed E-state index contributed by atoms with van der Waals surface area (Å²) >= 11 is 4.04. The zero-order valence-corrected chi connectivity index (χ0v) is 9.94. The van der Waals surface area contributed by atoms with E-state index in [-0.39, 0.29) is 0 Å². The van der Waals surface area contributed by atoms with Gasteiger partial charge in [-0.2, -0.15) is 5.26 Å². The third-order valence-electron chi connectivity index (χ3n) is 2.08. The van der Waals surface area contributed by atoms with Crippen LogP contribution in [0.25, 0.3) is 10.1 Å². The maximum absolute atomic E-state index is 8.86. The smallest absolute Gasteiger partial charge is 0.0994 e. The molecule has 1 aromatic carbocycles. The molecule has 0 aliphatic carbocycles. The van der Waals surface area contributed by atoms with Crippen molar-refractivity contribution in [1.82, 2.24) is 0 Å². The number of thiophene rings is 1. The fraction of sp³-hybridized carbons (Fsp3) is 0.100. The van der Waals surface area contributed by atoms with Crippen LogP contribution in [0.5, 0.6) is 0 Å². The molecule has 0 saturated carbocycles. The third-order valence-corrected chi connectivity index (χ3v) is 4.30. The van der Waals surface area contributed by atoms with Gasteiger partial charge in [-0.1, -0.05) is 0 Å². The topological polar surface area (TPSA) is 23.8 Å². The quantitative estimate of drug-likeness (QED) is 0.681. The van der Waals surface area contributed by atoms with Crippen molar-refractivity contribution in [1.29, 1.82) is 5.26 Å². The van der Waals surface area contributed by atoms with Crippen molar-refractivity contribution in [2.45, 2.75) is 6.92 Å². The summed E-state index contributed by atoms with van der Waals surface area (Å²) < 4.78 is 2.51.